The maximum Gasteiger partial charge on any atom is 0.319 e. The van der Waals surface area contributed by atoms with Crippen LogP contribution >= 0.6 is 0 Å². The lowest BCUT2D eigenvalue weighted by molar-refractivity contribution is -0.137. The largest absolute Gasteiger partial charge is 0.497 e. The lowest BCUT2D eigenvalue weighted by Gasteiger charge is -2.19. The van der Waals surface area contributed by atoms with E-state index in [1.807, 2.05) is 30.3 Å². The Balaban J connectivity index is 2.05. The number of hydrogen-bond donors (Lipinski definition) is 3. The summed E-state index contributed by atoms with van der Waals surface area (Å²) in [7, 11) is 3.05. The molecule has 0 saturated carbocycles. The molecule has 1 atom stereocenters. The quantitative estimate of drug-likeness (QED) is 0.627. The second kappa shape index (κ2) is 10.1. The van der Waals surface area contributed by atoms with Gasteiger partial charge in [-0.3, -0.25) is 4.79 Å². The van der Waals surface area contributed by atoms with E-state index in [4.69, 9.17) is 14.6 Å². The summed E-state index contributed by atoms with van der Waals surface area (Å²) in [6.45, 7) is 0. The molecule has 2 aromatic rings. The second-order valence-electron chi connectivity index (χ2n) is 5.98. The summed E-state index contributed by atoms with van der Waals surface area (Å²) < 4.78 is 10.4. The zero-order valence-corrected chi connectivity index (χ0v) is 15.4. The van der Waals surface area contributed by atoms with Crippen molar-refractivity contribution in [3.8, 4) is 11.5 Å². The first-order chi connectivity index (χ1) is 13.0. The molecule has 144 valence electrons. The smallest absolute Gasteiger partial charge is 0.319 e. The van der Waals surface area contributed by atoms with Crippen molar-refractivity contribution in [3.63, 3.8) is 0 Å². The van der Waals surface area contributed by atoms with Gasteiger partial charge in [-0.2, -0.15) is 0 Å². The fourth-order valence-electron chi connectivity index (χ4n) is 2.67. The summed E-state index contributed by atoms with van der Waals surface area (Å²) in [6, 6.07) is 13.9. The van der Waals surface area contributed by atoms with Crippen molar-refractivity contribution in [1.82, 2.24) is 5.32 Å². The van der Waals surface area contributed by atoms with Crippen molar-refractivity contribution in [2.75, 3.05) is 19.5 Å². The zero-order chi connectivity index (χ0) is 19.6. The number of ether oxygens (including phenoxy) is 2. The Morgan fingerprint density at radius 3 is 2.44 bits per heavy atom. The molecule has 0 radical (unpaired) electrons. The maximum absolute atomic E-state index is 12.4. The fourth-order valence-corrected chi connectivity index (χ4v) is 2.67. The van der Waals surface area contributed by atoms with Gasteiger partial charge >= 0.3 is 12.0 Å². The van der Waals surface area contributed by atoms with Gasteiger partial charge in [-0.05, 0) is 30.5 Å². The van der Waals surface area contributed by atoms with Crippen molar-refractivity contribution >= 4 is 17.7 Å². The summed E-state index contributed by atoms with van der Waals surface area (Å²) >= 11 is 0. The summed E-state index contributed by atoms with van der Waals surface area (Å²) in [4.78, 5) is 23.3. The molecule has 2 amide bonds. The third-order valence-corrected chi connectivity index (χ3v) is 4.02. The van der Waals surface area contributed by atoms with Crippen LogP contribution in [0.15, 0.2) is 48.5 Å². The molecule has 7 heteroatoms. The fraction of sp³-hybridized carbons (Fsp3) is 0.300. The van der Waals surface area contributed by atoms with Gasteiger partial charge in [-0.15, -0.1) is 0 Å². The number of amides is 2. The number of hydrogen-bond acceptors (Lipinski definition) is 4. The van der Waals surface area contributed by atoms with Crippen LogP contribution in [0.2, 0.25) is 0 Å². The highest BCUT2D eigenvalue weighted by molar-refractivity contribution is 5.91. The van der Waals surface area contributed by atoms with E-state index in [1.54, 1.807) is 25.3 Å². The average molecular weight is 372 g/mol. The molecule has 0 aromatic heterocycles. The van der Waals surface area contributed by atoms with E-state index in [0.29, 0.717) is 30.0 Å². The first-order valence-corrected chi connectivity index (χ1v) is 8.57. The Bertz CT molecular complexity index is 764. The normalized spacial score (nSPS) is 11.3. The number of rotatable bonds is 9. The number of carboxylic acid groups (broad SMARTS) is 1. The average Bonchev–Trinajstić information content (AvgIpc) is 2.67. The Labute approximate surface area is 158 Å². The minimum absolute atomic E-state index is 0.0242. The van der Waals surface area contributed by atoms with Crippen LogP contribution in [-0.4, -0.2) is 37.4 Å². The van der Waals surface area contributed by atoms with E-state index >= 15 is 0 Å². The highest BCUT2D eigenvalue weighted by Gasteiger charge is 2.16. The van der Waals surface area contributed by atoms with E-state index in [-0.39, 0.29) is 12.5 Å². The minimum atomic E-state index is -0.896. The number of urea groups is 1. The predicted molar refractivity (Wildman–Crippen MR) is 103 cm³/mol. The van der Waals surface area contributed by atoms with E-state index in [1.165, 1.54) is 7.11 Å². The van der Waals surface area contributed by atoms with Crippen LogP contribution in [0.3, 0.4) is 0 Å². The number of benzene rings is 2. The molecule has 2 rings (SSSR count). The van der Waals surface area contributed by atoms with Crippen molar-refractivity contribution in [3.05, 3.63) is 54.1 Å². The van der Waals surface area contributed by atoms with E-state index < -0.39 is 12.0 Å². The molecule has 2 aromatic carbocycles. The Morgan fingerprint density at radius 2 is 1.81 bits per heavy atom. The van der Waals surface area contributed by atoms with E-state index in [9.17, 15) is 9.59 Å². The van der Waals surface area contributed by atoms with E-state index in [0.717, 1.165) is 5.56 Å². The van der Waals surface area contributed by atoms with Gasteiger partial charge in [0.15, 0.2) is 0 Å². The van der Waals surface area contributed by atoms with Gasteiger partial charge in [0.05, 0.1) is 19.9 Å². The Morgan fingerprint density at radius 1 is 1.07 bits per heavy atom. The molecule has 0 bridgehead atoms. The Kier molecular flexibility index (Phi) is 7.49. The lowest BCUT2D eigenvalue weighted by Crippen LogP contribution is -2.39. The van der Waals surface area contributed by atoms with Crippen LogP contribution < -0.4 is 20.1 Å². The molecule has 0 fully saturated rings. The molecular formula is C20H24N2O5. The molecule has 27 heavy (non-hydrogen) atoms. The first-order valence-electron chi connectivity index (χ1n) is 8.57. The monoisotopic (exact) mass is 372 g/mol. The highest BCUT2D eigenvalue weighted by atomic mass is 16.5. The third-order valence-electron chi connectivity index (χ3n) is 4.02. The molecule has 0 aliphatic carbocycles. The Hall–Kier alpha value is -3.22. The molecule has 0 heterocycles. The summed E-state index contributed by atoms with van der Waals surface area (Å²) in [5, 5.41) is 14.5. The first kappa shape index (κ1) is 20.1. The predicted octanol–water partition coefficient (Wildman–Crippen LogP) is 3.30. The molecule has 3 N–H and O–H groups in total. The van der Waals surface area contributed by atoms with Crippen LogP contribution in [0.25, 0.3) is 0 Å². The van der Waals surface area contributed by atoms with Crippen LogP contribution in [0.1, 0.15) is 18.4 Å². The van der Waals surface area contributed by atoms with Gasteiger partial charge in [-0.25, -0.2) is 4.79 Å². The summed E-state index contributed by atoms with van der Waals surface area (Å²) in [5.41, 5.74) is 1.52. The molecule has 0 saturated heterocycles. The number of anilines is 1. The highest BCUT2D eigenvalue weighted by Crippen LogP contribution is 2.28. The summed E-state index contributed by atoms with van der Waals surface area (Å²) in [6.07, 6.45) is 0.850. The molecule has 7 nitrogen and oxygen atoms in total. The number of carbonyl (C=O) groups excluding carboxylic acids is 1. The molecule has 0 aliphatic rings. The van der Waals surface area contributed by atoms with Crippen LogP contribution in [0.4, 0.5) is 10.5 Å². The second-order valence-corrected chi connectivity index (χ2v) is 5.98. The van der Waals surface area contributed by atoms with Crippen LogP contribution in [-0.2, 0) is 11.2 Å². The standard InChI is InChI=1S/C20H24N2O5/c1-26-16-9-10-17(18(13-16)27-2)22-20(25)21-15(8-11-19(23)24)12-14-6-4-3-5-7-14/h3-7,9-10,13,15H,8,11-12H2,1-2H3,(H,23,24)(H2,21,22,25). The third kappa shape index (κ3) is 6.54. The minimum Gasteiger partial charge on any atom is -0.497 e. The van der Waals surface area contributed by atoms with Crippen molar-refractivity contribution in [2.45, 2.75) is 25.3 Å². The van der Waals surface area contributed by atoms with Gasteiger partial charge in [-0.1, -0.05) is 30.3 Å². The van der Waals surface area contributed by atoms with Gasteiger partial charge in [0.25, 0.3) is 0 Å². The SMILES string of the molecule is COc1ccc(NC(=O)NC(CCC(=O)O)Cc2ccccc2)c(OC)c1. The van der Waals surface area contributed by atoms with Crippen LogP contribution in [0.5, 0.6) is 11.5 Å². The number of nitrogens with one attached hydrogen (secondary N) is 2. The molecule has 0 spiro atoms. The lowest BCUT2D eigenvalue weighted by atomic mass is 10.0. The van der Waals surface area contributed by atoms with Crippen molar-refractivity contribution in [1.29, 1.82) is 0 Å². The van der Waals surface area contributed by atoms with Crippen LogP contribution in [0, 0.1) is 0 Å². The number of carboxylic acids is 1. The number of methoxy groups -OCH3 is 2. The van der Waals surface area contributed by atoms with Gasteiger partial charge in [0, 0.05) is 18.5 Å². The zero-order valence-electron chi connectivity index (χ0n) is 15.4. The maximum atomic E-state index is 12.4. The molecular weight excluding hydrogens is 348 g/mol. The molecule has 0 aliphatic heterocycles. The van der Waals surface area contributed by atoms with Gasteiger partial charge < -0.3 is 25.2 Å². The topological polar surface area (TPSA) is 96.9 Å². The van der Waals surface area contributed by atoms with Gasteiger partial charge in [0.2, 0.25) is 0 Å². The van der Waals surface area contributed by atoms with E-state index in [2.05, 4.69) is 10.6 Å². The number of carbonyl (C=O) groups is 2. The number of aliphatic carboxylic acids is 1. The summed E-state index contributed by atoms with van der Waals surface area (Å²) in [5.74, 6) is 0.183. The van der Waals surface area contributed by atoms with Crippen molar-refractivity contribution < 1.29 is 24.2 Å². The van der Waals surface area contributed by atoms with Crippen molar-refractivity contribution in [2.24, 2.45) is 0 Å². The van der Waals surface area contributed by atoms with Gasteiger partial charge in [0.1, 0.15) is 11.5 Å². The molecule has 1 unspecified atom stereocenters.